The van der Waals surface area contributed by atoms with Crippen LogP contribution in [0.25, 0.3) is 0 Å². The minimum Gasteiger partial charge on any atom is -0.389 e. The molecule has 0 saturated heterocycles. The van der Waals surface area contributed by atoms with Crippen LogP contribution in [-0.2, 0) is 0 Å². The first-order chi connectivity index (χ1) is 8.99. The van der Waals surface area contributed by atoms with Crippen molar-refractivity contribution in [2.75, 3.05) is 5.32 Å². The third-order valence-corrected chi connectivity index (χ3v) is 2.68. The normalized spacial score (nSPS) is 10.3. The number of nitrogens with two attached hydrogens (primary N) is 1. The Balaban J connectivity index is 2.39. The largest absolute Gasteiger partial charge is 0.389 e. The SMILES string of the molecule is NC(=S)c1ccccc1Nc1cc(F)c(F)c(F)c1. The third-order valence-electron chi connectivity index (χ3n) is 2.46. The maximum absolute atomic E-state index is 13.1. The van der Waals surface area contributed by atoms with Crippen molar-refractivity contribution in [3.8, 4) is 0 Å². The van der Waals surface area contributed by atoms with Crippen LogP contribution in [0.3, 0.4) is 0 Å². The van der Waals surface area contributed by atoms with Gasteiger partial charge < -0.3 is 11.1 Å². The van der Waals surface area contributed by atoms with Gasteiger partial charge in [-0.25, -0.2) is 13.2 Å². The van der Waals surface area contributed by atoms with Crippen LogP contribution in [0.5, 0.6) is 0 Å². The van der Waals surface area contributed by atoms with Gasteiger partial charge in [-0.05, 0) is 12.1 Å². The number of rotatable bonds is 3. The monoisotopic (exact) mass is 282 g/mol. The van der Waals surface area contributed by atoms with E-state index in [1.54, 1.807) is 24.3 Å². The molecule has 0 unspecified atom stereocenters. The van der Waals surface area contributed by atoms with Gasteiger partial charge in [0.15, 0.2) is 17.5 Å². The van der Waals surface area contributed by atoms with E-state index in [0.717, 1.165) is 12.1 Å². The van der Waals surface area contributed by atoms with Crippen LogP contribution in [0.15, 0.2) is 36.4 Å². The van der Waals surface area contributed by atoms with E-state index in [1.165, 1.54) is 0 Å². The van der Waals surface area contributed by atoms with Crippen LogP contribution >= 0.6 is 12.2 Å². The lowest BCUT2D eigenvalue weighted by molar-refractivity contribution is 0.448. The number of hydrogen-bond acceptors (Lipinski definition) is 2. The molecule has 0 aliphatic carbocycles. The second-order valence-corrected chi connectivity index (χ2v) is 4.23. The van der Waals surface area contributed by atoms with Gasteiger partial charge in [-0.3, -0.25) is 0 Å². The fourth-order valence-electron chi connectivity index (χ4n) is 1.59. The minimum atomic E-state index is -1.51. The lowest BCUT2D eigenvalue weighted by Crippen LogP contribution is -2.11. The van der Waals surface area contributed by atoms with E-state index >= 15 is 0 Å². The molecule has 0 spiro atoms. The molecule has 2 aromatic carbocycles. The van der Waals surface area contributed by atoms with Gasteiger partial charge in [-0.1, -0.05) is 24.4 Å². The Bertz CT molecular complexity index is 621. The second-order valence-electron chi connectivity index (χ2n) is 3.79. The predicted molar refractivity (Wildman–Crippen MR) is 71.9 cm³/mol. The van der Waals surface area contributed by atoms with E-state index in [2.05, 4.69) is 5.32 Å². The molecule has 0 amide bonds. The molecule has 0 aliphatic heterocycles. The highest BCUT2D eigenvalue weighted by atomic mass is 32.1. The summed E-state index contributed by atoms with van der Waals surface area (Å²) in [5.74, 6) is -4.04. The average molecular weight is 282 g/mol. The second kappa shape index (κ2) is 5.27. The number of halogens is 3. The van der Waals surface area contributed by atoms with E-state index in [-0.39, 0.29) is 10.7 Å². The topological polar surface area (TPSA) is 38.0 Å². The van der Waals surface area contributed by atoms with Crippen LogP contribution < -0.4 is 11.1 Å². The standard InChI is InChI=1S/C13H9F3N2S/c14-9-5-7(6-10(15)12(9)16)18-11-4-2-1-3-8(11)13(17)19/h1-6,18H,(H2,17,19). The van der Waals surface area contributed by atoms with E-state index < -0.39 is 17.5 Å². The van der Waals surface area contributed by atoms with E-state index in [0.29, 0.717) is 11.3 Å². The third kappa shape index (κ3) is 2.85. The number of thiocarbonyl (C=S) groups is 1. The smallest absolute Gasteiger partial charge is 0.194 e. The molecular weight excluding hydrogens is 273 g/mol. The van der Waals surface area contributed by atoms with Gasteiger partial charge in [-0.2, -0.15) is 0 Å². The molecule has 6 heteroatoms. The van der Waals surface area contributed by atoms with Crippen LogP contribution in [0, 0.1) is 17.5 Å². The van der Waals surface area contributed by atoms with E-state index in [1.807, 2.05) is 0 Å². The molecule has 0 saturated carbocycles. The number of hydrogen-bond donors (Lipinski definition) is 2. The van der Waals surface area contributed by atoms with Crippen molar-refractivity contribution in [2.24, 2.45) is 5.73 Å². The Labute approximate surface area is 113 Å². The summed E-state index contributed by atoms with van der Waals surface area (Å²) >= 11 is 4.87. The summed E-state index contributed by atoms with van der Waals surface area (Å²) in [7, 11) is 0. The summed E-state index contributed by atoms with van der Waals surface area (Å²) in [6, 6.07) is 8.46. The van der Waals surface area contributed by atoms with Gasteiger partial charge in [0.2, 0.25) is 0 Å². The first kappa shape index (κ1) is 13.4. The summed E-state index contributed by atoms with van der Waals surface area (Å²) in [5, 5.41) is 2.75. The molecule has 0 aliphatic rings. The zero-order valence-corrected chi connectivity index (χ0v) is 10.4. The van der Waals surface area contributed by atoms with Crippen molar-refractivity contribution in [3.05, 3.63) is 59.4 Å². The summed E-state index contributed by atoms with van der Waals surface area (Å²) in [6.07, 6.45) is 0. The first-order valence-electron chi connectivity index (χ1n) is 5.29. The first-order valence-corrected chi connectivity index (χ1v) is 5.70. The Morgan fingerprint density at radius 2 is 1.63 bits per heavy atom. The maximum Gasteiger partial charge on any atom is 0.194 e. The molecule has 0 radical (unpaired) electrons. The number of benzene rings is 2. The molecule has 0 heterocycles. The molecule has 0 atom stereocenters. The van der Waals surface area contributed by atoms with E-state index in [4.69, 9.17) is 18.0 Å². The van der Waals surface area contributed by atoms with Gasteiger partial charge in [-0.15, -0.1) is 0 Å². The fourth-order valence-corrected chi connectivity index (χ4v) is 1.77. The molecule has 19 heavy (non-hydrogen) atoms. The van der Waals surface area contributed by atoms with Crippen LogP contribution in [0.4, 0.5) is 24.5 Å². The highest BCUT2D eigenvalue weighted by Crippen LogP contribution is 2.23. The van der Waals surface area contributed by atoms with Crippen molar-refractivity contribution in [3.63, 3.8) is 0 Å². The highest BCUT2D eigenvalue weighted by molar-refractivity contribution is 7.80. The lowest BCUT2D eigenvalue weighted by Gasteiger charge is -2.11. The Morgan fingerprint density at radius 3 is 2.21 bits per heavy atom. The van der Waals surface area contributed by atoms with Gasteiger partial charge in [0, 0.05) is 29.1 Å². The minimum absolute atomic E-state index is 0.0695. The van der Waals surface area contributed by atoms with Crippen LogP contribution in [0.2, 0.25) is 0 Å². The molecule has 2 aromatic rings. The molecule has 2 rings (SSSR count). The molecule has 3 N–H and O–H groups in total. The summed E-state index contributed by atoms with van der Waals surface area (Å²) in [5.41, 5.74) is 6.62. The van der Waals surface area contributed by atoms with Gasteiger partial charge in [0.1, 0.15) is 4.99 Å². The Kier molecular flexibility index (Phi) is 3.71. The summed E-state index contributed by atoms with van der Waals surface area (Å²) < 4.78 is 39.0. The summed E-state index contributed by atoms with van der Waals surface area (Å²) in [4.78, 5) is 0.145. The zero-order valence-electron chi connectivity index (χ0n) is 9.58. The predicted octanol–water partition coefficient (Wildman–Crippen LogP) is 3.48. The van der Waals surface area contributed by atoms with Crippen molar-refractivity contribution in [2.45, 2.75) is 0 Å². The number of nitrogens with one attached hydrogen (secondary N) is 1. The maximum atomic E-state index is 13.1. The van der Waals surface area contributed by atoms with Crippen molar-refractivity contribution in [1.29, 1.82) is 0 Å². The molecule has 0 fully saturated rings. The molecule has 98 valence electrons. The number of para-hydroxylation sites is 1. The van der Waals surface area contributed by atoms with Crippen LogP contribution in [0.1, 0.15) is 5.56 Å². The number of anilines is 2. The average Bonchev–Trinajstić information content (AvgIpc) is 2.36. The van der Waals surface area contributed by atoms with Crippen molar-refractivity contribution < 1.29 is 13.2 Å². The van der Waals surface area contributed by atoms with Crippen molar-refractivity contribution in [1.82, 2.24) is 0 Å². The molecule has 2 nitrogen and oxygen atoms in total. The highest BCUT2D eigenvalue weighted by Gasteiger charge is 2.11. The lowest BCUT2D eigenvalue weighted by atomic mass is 10.1. The van der Waals surface area contributed by atoms with Crippen LogP contribution in [-0.4, -0.2) is 4.99 Å². The molecular formula is C13H9F3N2S. The molecule has 0 aromatic heterocycles. The van der Waals surface area contributed by atoms with Gasteiger partial charge in [0.25, 0.3) is 0 Å². The van der Waals surface area contributed by atoms with Gasteiger partial charge in [0.05, 0.1) is 0 Å². The molecule has 0 bridgehead atoms. The Morgan fingerprint density at radius 1 is 1.05 bits per heavy atom. The summed E-state index contributed by atoms with van der Waals surface area (Å²) in [6.45, 7) is 0. The Hall–Kier alpha value is -2.08. The zero-order chi connectivity index (χ0) is 14.0. The van der Waals surface area contributed by atoms with Gasteiger partial charge >= 0.3 is 0 Å². The van der Waals surface area contributed by atoms with E-state index in [9.17, 15) is 13.2 Å². The quantitative estimate of drug-likeness (QED) is 0.668. The van der Waals surface area contributed by atoms with Crippen molar-refractivity contribution >= 4 is 28.6 Å². The fraction of sp³-hybridized carbons (Fsp3) is 0.